The van der Waals surface area contributed by atoms with Gasteiger partial charge in [0, 0.05) is 47.6 Å². The van der Waals surface area contributed by atoms with E-state index in [1.54, 1.807) is 28.4 Å². The van der Waals surface area contributed by atoms with Crippen LogP contribution in [0.2, 0.25) is 0 Å². The quantitative estimate of drug-likeness (QED) is 0.332. The van der Waals surface area contributed by atoms with Crippen LogP contribution in [0.25, 0.3) is 33.3 Å². The SMILES string of the molecule is Cc1cccc(C)c1Oc1cn(C2CC2)c(=O)cc1-c1cn(C)c(=O)c2[nH]c(-c3ccccc3)cc12. The number of ether oxygens (including phenoxy) is 1. The Morgan fingerprint density at radius 2 is 1.61 bits per heavy atom. The molecule has 1 aliphatic rings. The second-order valence-corrected chi connectivity index (χ2v) is 9.65. The number of para-hydroxylation sites is 1. The number of nitrogens with one attached hydrogen (secondary N) is 1. The normalized spacial score (nSPS) is 13.3. The van der Waals surface area contributed by atoms with Crippen LogP contribution in [0.4, 0.5) is 0 Å². The molecule has 0 bridgehead atoms. The van der Waals surface area contributed by atoms with Crippen LogP contribution in [0.15, 0.2) is 82.6 Å². The summed E-state index contributed by atoms with van der Waals surface area (Å²) in [4.78, 5) is 29.6. The van der Waals surface area contributed by atoms with Gasteiger partial charge in [-0.25, -0.2) is 0 Å². The van der Waals surface area contributed by atoms with Crippen LogP contribution in [0.3, 0.4) is 0 Å². The van der Waals surface area contributed by atoms with Gasteiger partial charge in [0.1, 0.15) is 11.3 Å². The molecule has 1 N–H and O–H groups in total. The molecule has 1 aliphatic carbocycles. The molecular weight excluding hydrogens is 450 g/mol. The van der Waals surface area contributed by atoms with Crippen molar-refractivity contribution in [3.63, 3.8) is 0 Å². The number of fused-ring (bicyclic) bond motifs is 1. The lowest BCUT2D eigenvalue weighted by Crippen LogP contribution is -2.19. The Labute approximate surface area is 208 Å². The standard InChI is InChI=1S/C30H27N3O3/c1-18-8-7-9-19(2)29(18)36-26-17-33(21-12-13-21)27(34)15-22(26)24-16-32(3)30(35)28-23(24)14-25(31-28)20-10-5-4-6-11-20/h4-11,14-17,21,31H,12-13H2,1-3H3. The number of aromatic amines is 1. The number of H-pyrrole nitrogens is 1. The average Bonchev–Trinajstić information content (AvgIpc) is 3.62. The molecule has 0 spiro atoms. The third kappa shape index (κ3) is 3.75. The minimum absolute atomic E-state index is 0.0674. The van der Waals surface area contributed by atoms with E-state index in [9.17, 15) is 9.59 Å². The first kappa shape index (κ1) is 22.2. The van der Waals surface area contributed by atoms with Crippen LogP contribution in [0, 0.1) is 13.8 Å². The molecule has 6 rings (SSSR count). The van der Waals surface area contributed by atoms with Crippen molar-refractivity contribution in [1.29, 1.82) is 0 Å². The predicted octanol–water partition coefficient (Wildman–Crippen LogP) is 6.11. The van der Waals surface area contributed by atoms with Gasteiger partial charge in [-0.15, -0.1) is 0 Å². The Morgan fingerprint density at radius 1 is 0.889 bits per heavy atom. The van der Waals surface area contributed by atoms with Crippen molar-refractivity contribution >= 4 is 10.9 Å². The summed E-state index contributed by atoms with van der Waals surface area (Å²) in [5.74, 6) is 1.38. The van der Waals surface area contributed by atoms with Crippen molar-refractivity contribution in [2.24, 2.45) is 7.05 Å². The summed E-state index contributed by atoms with van der Waals surface area (Å²) in [5, 5.41) is 0.756. The van der Waals surface area contributed by atoms with Gasteiger partial charge in [0.15, 0.2) is 5.75 Å². The monoisotopic (exact) mass is 477 g/mol. The van der Waals surface area contributed by atoms with Crippen LogP contribution in [0.1, 0.15) is 30.0 Å². The zero-order valence-corrected chi connectivity index (χ0v) is 20.5. The van der Waals surface area contributed by atoms with Crippen LogP contribution in [-0.4, -0.2) is 14.1 Å². The van der Waals surface area contributed by atoms with Gasteiger partial charge in [-0.05, 0) is 49.4 Å². The number of nitrogens with zero attached hydrogens (tertiary/aromatic N) is 2. The van der Waals surface area contributed by atoms with Gasteiger partial charge in [0.05, 0.1) is 6.20 Å². The lowest BCUT2D eigenvalue weighted by atomic mass is 10.0. The highest BCUT2D eigenvalue weighted by molar-refractivity contribution is 5.98. The molecular formula is C30H27N3O3. The molecule has 6 heteroatoms. The first-order chi connectivity index (χ1) is 17.4. The van der Waals surface area contributed by atoms with Crippen molar-refractivity contribution in [3.05, 3.63) is 105 Å². The Hall–Kier alpha value is -4.32. The fourth-order valence-corrected chi connectivity index (χ4v) is 4.85. The molecule has 5 aromatic rings. The number of benzene rings is 2. The molecule has 3 aromatic heterocycles. The molecule has 0 amide bonds. The minimum atomic E-state index is -0.125. The number of hydrogen-bond donors (Lipinski definition) is 1. The third-order valence-electron chi connectivity index (χ3n) is 6.94. The van der Waals surface area contributed by atoms with E-state index in [4.69, 9.17) is 4.74 Å². The first-order valence-electron chi connectivity index (χ1n) is 12.2. The van der Waals surface area contributed by atoms with Crippen LogP contribution < -0.4 is 15.9 Å². The lowest BCUT2D eigenvalue weighted by molar-refractivity contribution is 0.467. The second-order valence-electron chi connectivity index (χ2n) is 9.65. The largest absolute Gasteiger partial charge is 0.455 e. The van der Waals surface area contributed by atoms with Crippen molar-refractivity contribution in [2.45, 2.75) is 32.7 Å². The zero-order valence-electron chi connectivity index (χ0n) is 20.5. The van der Waals surface area contributed by atoms with Gasteiger partial charge in [0.2, 0.25) is 0 Å². The van der Waals surface area contributed by atoms with Crippen molar-refractivity contribution < 1.29 is 4.74 Å². The third-order valence-corrected chi connectivity index (χ3v) is 6.94. The van der Waals surface area contributed by atoms with E-state index in [-0.39, 0.29) is 17.2 Å². The summed E-state index contributed by atoms with van der Waals surface area (Å²) in [6.45, 7) is 4.03. The van der Waals surface area contributed by atoms with Crippen molar-refractivity contribution in [3.8, 4) is 33.9 Å². The molecule has 1 fully saturated rings. The Bertz CT molecular complexity index is 1720. The fourth-order valence-electron chi connectivity index (χ4n) is 4.85. The number of hydrogen-bond acceptors (Lipinski definition) is 3. The zero-order chi connectivity index (χ0) is 25.0. The summed E-state index contributed by atoms with van der Waals surface area (Å²) in [5.41, 5.74) is 5.61. The van der Waals surface area contributed by atoms with Gasteiger partial charge in [-0.3, -0.25) is 9.59 Å². The maximum absolute atomic E-state index is 13.2. The smallest absolute Gasteiger partial charge is 0.274 e. The van der Waals surface area contributed by atoms with Gasteiger partial charge >= 0.3 is 0 Å². The van der Waals surface area contributed by atoms with E-state index in [1.807, 2.05) is 74.6 Å². The maximum Gasteiger partial charge on any atom is 0.274 e. The molecule has 0 atom stereocenters. The fraction of sp³-hybridized carbons (Fsp3) is 0.200. The van der Waals surface area contributed by atoms with Gasteiger partial charge in [-0.1, -0.05) is 48.5 Å². The molecule has 2 aromatic carbocycles. The molecule has 0 aliphatic heterocycles. The maximum atomic E-state index is 13.2. The lowest BCUT2D eigenvalue weighted by Gasteiger charge is -2.17. The number of aryl methyl sites for hydroxylation is 3. The summed E-state index contributed by atoms with van der Waals surface area (Å²) in [7, 11) is 1.73. The van der Waals surface area contributed by atoms with Crippen LogP contribution in [-0.2, 0) is 7.05 Å². The summed E-state index contributed by atoms with van der Waals surface area (Å²) < 4.78 is 9.88. The number of aromatic nitrogens is 3. The molecule has 3 heterocycles. The predicted molar refractivity (Wildman–Crippen MR) is 143 cm³/mol. The number of pyridine rings is 2. The Morgan fingerprint density at radius 3 is 2.31 bits per heavy atom. The van der Waals surface area contributed by atoms with E-state index in [0.29, 0.717) is 16.8 Å². The van der Waals surface area contributed by atoms with E-state index >= 15 is 0 Å². The summed E-state index contributed by atoms with van der Waals surface area (Å²) >= 11 is 0. The highest BCUT2D eigenvalue weighted by atomic mass is 16.5. The molecule has 1 saturated carbocycles. The molecule has 0 unspecified atom stereocenters. The van der Waals surface area contributed by atoms with Gasteiger partial charge in [-0.2, -0.15) is 0 Å². The summed E-state index contributed by atoms with van der Waals surface area (Å²) in [6, 6.07) is 19.8. The van der Waals surface area contributed by atoms with Gasteiger partial charge in [0.25, 0.3) is 11.1 Å². The minimum Gasteiger partial charge on any atom is -0.455 e. The van der Waals surface area contributed by atoms with E-state index < -0.39 is 0 Å². The van der Waals surface area contributed by atoms with Crippen LogP contribution >= 0.6 is 0 Å². The number of rotatable bonds is 5. The summed E-state index contributed by atoms with van der Waals surface area (Å²) in [6.07, 6.45) is 5.61. The van der Waals surface area contributed by atoms with E-state index in [2.05, 4.69) is 4.98 Å². The highest BCUT2D eigenvalue weighted by Gasteiger charge is 2.27. The average molecular weight is 478 g/mol. The molecule has 0 saturated heterocycles. The van der Waals surface area contributed by atoms with Gasteiger partial charge < -0.3 is 18.9 Å². The van der Waals surface area contributed by atoms with Crippen molar-refractivity contribution in [1.82, 2.24) is 14.1 Å². The topological polar surface area (TPSA) is 69.0 Å². The molecule has 0 radical (unpaired) electrons. The Kier molecular flexibility index (Phi) is 5.18. The van der Waals surface area contributed by atoms with E-state index in [0.717, 1.165) is 51.9 Å². The Balaban J connectivity index is 1.61. The van der Waals surface area contributed by atoms with Crippen molar-refractivity contribution in [2.75, 3.05) is 0 Å². The second kappa shape index (κ2) is 8.41. The molecule has 180 valence electrons. The van der Waals surface area contributed by atoms with E-state index in [1.165, 1.54) is 0 Å². The van der Waals surface area contributed by atoms with Crippen LogP contribution in [0.5, 0.6) is 11.5 Å². The first-order valence-corrected chi connectivity index (χ1v) is 12.2. The highest BCUT2D eigenvalue weighted by Crippen LogP contribution is 2.41. The molecule has 6 nitrogen and oxygen atoms in total. The molecule has 36 heavy (non-hydrogen) atoms.